The van der Waals surface area contributed by atoms with E-state index in [1.807, 2.05) is 20.8 Å². The highest BCUT2D eigenvalue weighted by atomic mass is 16.6. The van der Waals surface area contributed by atoms with Gasteiger partial charge in [-0.1, -0.05) is 64.7 Å². The highest BCUT2D eigenvalue weighted by Gasteiger charge is 2.40. The maximum atomic E-state index is 11.8. The molecule has 2 N–H and O–H groups in total. The van der Waals surface area contributed by atoms with Crippen LogP contribution in [-0.2, 0) is 9.53 Å². The first-order valence-electron chi connectivity index (χ1n) is 9.63. The molecule has 1 rings (SSSR count). The number of β-lactam (4-membered cyclic amide) rings is 1. The molecule has 0 saturated carbocycles. The molecule has 2 amide bonds. The van der Waals surface area contributed by atoms with Crippen LogP contribution in [0.2, 0.25) is 0 Å². The van der Waals surface area contributed by atoms with Crippen molar-refractivity contribution in [1.82, 2.24) is 10.6 Å². The molecule has 1 saturated heterocycles. The standard InChI is InChI=1S/C19H36N2O3/c1-5-6-7-8-9-10-11-12-13-14-15-16(17(22)20-15)21-18(23)24-19(2,3)4/h15-16H,5-14H2,1-4H3,(H,20,22)(H,21,23)/t15-,16-/m1/s1. The first-order chi connectivity index (χ1) is 11.3. The van der Waals surface area contributed by atoms with E-state index in [2.05, 4.69) is 17.6 Å². The summed E-state index contributed by atoms with van der Waals surface area (Å²) in [7, 11) is 0. The molecule has 0 aromatic carbocycles. The van der Waals surface area contributed by atoms with Gasteiger partial charge in [-0.15, -0.1) is 0 Å². The molecule has 1 aliphatic heterocycles. The molecule has 0 aromatic rings. The maximum Gasteiger partial charge on any atom is 0.408 e. The third kappa shape index (κ3) is 8.55. The van der Waals surface area contributed by atoms with Crippen LogP contribution in [0.25, 0.3) is 0 Å². The Kier molecular flexibility index (Phi) is 9.16. The number of alkyl carbamates (subject to hydrolysis) is 1. The number of hydrogen-bond acceptors (Lipinski definition) is 3. The summed E-state index contributed by atoms with van der Waals surface area (Å²) in [6.07, 6.45) is 12.0. The molecule has 0 unspecified atom stereocenters. The molecule has 0 bridgehead atoms. The molecule has 5 heteroatoms. The smallest absolute Gasteiger partial charge is 0.408 e. The molecule has 1 aliphatic rings. The van der Waals surface area contributed by atoms with Gasteiger partial charge in [0, 0.05) is 0 Å². The number of amides is 2. The normalized spacial score (nSPS) is 20.2. The molecule has 0 aliphatic carbocycles. The molecule has 0 aromatic heterocycles. The minimum absolute atomic E-state index is 0.0505. The zero-order valence-corrected chi connectivity index (χ0v) is 16.0. The van der Waals surface area contributed by atoms with Gasteiger partial charge >= 0.3 is 6.09 Å². The van der Waals surface area contributed by atoms with Crippen molar-refractivity contribution in [3.05, 3.63) is 0 Å². The van der Waals surface area contributed by atoms with Crippen LogP contribution in [0.4, 0.5) is 4.79 Å². The second-order valence-electron chi connectivity index (χ2n) is 7.86. The van der Waals surface area contributed by atoms with Gasteiger partial charge in [-0.05, 0) is 27.2 Å². The Morgan fingerprint density at radius 2 is 1.58 bits per heavy atom. The monoisotopic (exact) mass is 340 g/mol. The van der Waals surface area contributed by atoms with E-state index >= 15 is 0 Å². The third-order valence-electron chi connectivity index (χ3n) is 4.30. The van der Waals surface area contributed by atoms with Gasteiger partial charge in [0.25, 0.3) is 0 Å². The Hall–Kier alpha value is -1.26. The van der Waals surface area contributed by atoms with Crippen LogP contribution >= 0.6 is 0 Å². The second-order valence-corrected chi connectivity index (χ2v) is 7.86. The van der Waals surface area contributed by atoms with E-state index in [1.165, 1.54) is 51.4 Å². The average molecular weight is 341 g/mol. The third-order valence-corrected chi connectivity index (χ3v) is 4.30. The number of unbranched alkanes of at least 4 members (excludes halogenated alkanes) is 8. The zero-order chi connectivity index (χ0) is 18.0. The van der Waals surface area contributed by atoms with Crippen LogP contribution in [0.3, 0.4) is 0 Å². The summed E-state index contributed by atoms with van der Waals surface area (Å²) in [6.45, 7) is 7.68. The van der Waals surface area contributed by atoms with Gasteiger partial charge < -0.3 is 15.4 Å². The summed E-state index contributed by atoms with van der Waals surface area (Å²) in [5.74, 6) is -0.109. The van der Waals surface area contributed by atoms with Crippen molar-refractivity contribution < 1.29 is 14.3 Å². The highest BCUT2D eigenvalue weighted by Crippen LogP contribution is 2.17. The summed E-state index contributed by atoms with van der Waals surface area (Å²) in [4.78, 5) is 23.4. The van der Waals surface area contributed by atoms with Crippen molar-refractivity contribution in [3.8, 4) is 0 Å². The van der Waals surface area contributed by atoms with Crippen LogP contribution < -0.4 is 10.6 Å². The van der Waals surface area contributed by atoms with Crippen LogP contribution in [0, 0.1) is 0 Å². The summed E-state index contributed by atoms with van der Waals surface area (Å²) in [5, 5.41) is 5.56. The number of nitrogens with one attached hydrogen (secondary N) is 2. The number of carbonyl (C=O) groups is 2. The van der Waals surface area contributed by atoms with Crippen LogP contribution in [-0.4, -0.2) is 29.7 Å². The fourth-order valence-corrected chi connectivity index (χ4v) is 2.96. The predicted octanol–water partition coefficient (Wildman–Crippen LogP) is 4.30. The van der Waals surface area contributed by atoms with Gasteiger partial charge in [0.05, 0.1) is 6.04 Å². The van der Waals surface area contributed by atoms with E-state index in [0.717, 1.165) is 12.8 Å². The summed E-state index contributed by atoms with van der Waals surface area (Å²) in [6, 6.07) is -0.386. The van der Waals surface area contributed by atoms with Gasteiger partial charge in [0.1, 0.15) is 11.6 Å². The minimum Gasteiger partial charge on any atom is -0.444 e. The molecule has 140 valence electrons. The van der Waals surface area contributed by atoms with E-state index < -0.39 is 17.7 Å². The molecule has 24 heavy (non-hydrogen) atoms. The topological polar surface area (TPSA) is 67.4 Å². The van der Waals surface area contributed by atoms with Crippen molar-refractivity contribution in [1.29, 1.82) is 0 Å². The maximum absolute atomic E-state index is 11.8. The van der Waals surface area contributed by atoms with Crippen molar-refractivity contribution in [2.24, 2.45) is 0 Å². The summed E-state index contributed by atoms with van der Waals surface area (Å²) in [5.41, 5.74) is -0.545. The molecular formula is C19H36N2O3. The van der Waals surface area contributed by atoms with Gasteiger partial charge in [0.15, 0.2) is 0 Å². The number of rotatable bonds is 11. The quantitative estimate of drug-likeness (QED) is 0.435. The first-order valence-corrected chi connectivity index (χ1v) is 9.63. The van der Waals surface area contributed by atoms with E-state index in [-0.39, 0.29) is 11.9 Å². The van der Waals surface area contributed by atoms with Crippen LogP contribution in [0.1, 0.15) is 91.9 Å². The molecule has 1 heterocycles. The predicted molar refractivity (Wildman–Crippen MR) is 96.9 cm³/mol. The SMILES string of the molecule is CCCCCCCCCCC[C@H]1NC(=O)[C@@H]1NC(=O)OC(C)(C)C. The zero-order valence-electron chi connectivity index (χ0n) is 16.0. The molecular weight excluding hydrogens is 304 g/mol. The number of hydrogen-bond donors (Lipinski definition) is 2. The molecule has 0 spiro atoms. The van der Waals surface area contributed by atoms with E-state index in [4.69, 9.17) is 4.74 Å². The lowest BCUT2D eigenvalue weighted by atomic mass is 9.93. The Morgan fingerprint density at radius 1 is 1.04 bits per heavy atom. The van der Waals surface area contributed by atoms with Crippen molar-refractivity contribution in [2.75, 3.05) is 0 Å². The lowest BCUT2D eigenvalue weighted by Gasteiger charge is -2.37. The Morgan fingerprint density at radius 3 is 2.08 bits per heavy atom. The van der Waals surface area contributed by atoms with Crippen molar-refractivity contribution in [2.45, 2.75) is 110 Å². The minimum atomic E-state index is -0.545. The number of carbonyl (C=O) groups excluding carboxylic acids is 2. The summed E-state index contributed by atoms with van der Waals surface area (Å²) >= 11 is 0. The van der Waals surface area contributed by atoms with Gasteiger partial charge in [-0.25, -0.2) is 4.79 Å². The van der Waals surface area contributed by atoms with E-state index in [1.54, 1.807) is 0 Å². The highest BCUT2D eigenvalue weighted by molar-refractivity contribution is 5.92. The van der Waals surface area contributed by atoms with Gasteiger partial charge in [-0.3, -0.25) is 4.79 Å². The molecule has 1 fully saturated rings. The fourth-order valence-electron chi connectivity index (χ4n) is 2.96. The Labute approximate surface area is 147 Å². The van der Waals surface area contributed by atoms with E-state index in [0.29, 0.717) is 0 Å². The largest absolute Gasteiger partial charge is 0.444 e. The number of ether oxygens (including phenoxy) is 1. The first kappa shape index (κ1) is 20.8. The van der Waals surface area contributed by atoms with Crippen LogP contribution in [0.15, 0.2) is 0 Å². The van der Waals surface area contributed by atoms with Crippen molar-refractivity contribution >= 4 is 12.0 Å². The summed E-state index contributed by atoms with van der Waals surface area (Å²) < 4.78 is 5.21. The Balaban J connectivity index is 2.08. The second kappa shape index (κ2) is 10.6. The molecule has 5 nitrogen and oxygen atoms in total. The Bertz CT molecular complexity index is 391. The van der Waals surface area contributed by atoms with Crippen LogP contribution in [0.5, 0.6) is 0 Å². The molecule has 0 radical (unpaired) electrons. The fraction of sp³-hybridized carbons (Fsp3) is 0.895. The van der Waals surface area contributed by atoms with Gasteiger partial charge in [-0.2, -0.15) is 0 Å². The average Bonchev–Trinajstić information content (AvgIpc) is 2.48. The van der Waals surface area contributed by atoms with Crippen molar-refractivity contribution in [3.63, 3.8) is 0 Å². The van der Waals surface area contributed by atoms with Gasteiger partial charge in [0.2, 0.25) is 5.91 Å². The molecule has 2 atom stereocenters. The van der Waals surface area contributed by atoms with E-state index in [9.17, 15) is 9.59 Å². The lowest BCUT2D eigenvalue weighted by molar-refractivity contribution is -0.131. The lowest BCUT2D eigenvalue weighted by Crippen LogP contribution is -2.69.